The average molecular weight is 407 g/mol. The fourth-order valence-electron chi connectivity index (χ4n) is 2.87. The molecule has 150 valence electrons. The monoisotopic (exact) mass is 407 g/mol. The second-order valence-electron chi connectivity index (χ2n) is 6.55. The van der Waals surface area contributed by atoms with Crippen molar-refractivity contribution in [2.45, 2.75) is 6.92 Å². The lowest BCUT2D eigenvalue weighted by Gasteiger charge is -2.07. The maximum atomic E-state index is 13.6. The molecule has 0 aliphatic carbocycles. The third-order valence-corrected chi connectivity index (χ3v) is 4.19. The van der Waals surface area contributed by atoms with Crippen molar-refractivity contribution in [3.63, 3.8) is 0 Å². The van der Waals surface area contributed by atoms with Gasteiger partial charge in [-0.15, -0.1) is 0 Å². The molecule has 2 aromatic carbocycles. The van der Waals surface area contributed by atoms with E-state index in [1.54, 1.807) is 31.2 Å². The van der Waals surface area contributed by atoms with Crippen molar-refractivity contribution >= 4 is 28.4 Å². The fourth-order valence-corrected chi connectivity index (χ4v) is 2.87. The van der Waals surface area contributed by atoms with Gasteiger partial charge in [-0.3, -0.25) is 4.79 Å². The maximum Gasteiger partial charge on any atom is 0.262 e. The van der Waals surface area contributed by atoms with E-state index < -0.39 is 17.5 Å². The summed E-state index contributed by atoms with van der Waals surface area (Å²) in [4.78, 5) is 21.2. The van der Waals surface area contributed by atoms with E-state index in [1.807, 2.05) is 0 Å². The average Bonchev–Trinajstić information content (AvgIpc) is 2.66. The van der Waals surface area contributed by atoms with Crippen molar-refractivity contribution in [3.05, 3.63) is 89.1 Å². The number of aromatic hydroxyl groups is 1. The van der Waals surface area contributed by atoms with Crippen LogP contribution in [0.15, 0.2) is 70.1 Å². The van der Waals surface area contributed by atoms with Gasteiger partial charge < -0.3 is 14.8 Å². The van der Waals surface area contributed by atoms with Crippen molar-refractivity contribution in [2.24, 2.45) is 4.99 Å². The Labute approximate surface area is 169 Å². The number of pyridine rings is 1. The van der Waals surface area contributed by atoms with Crippen molar-refractivity contribution < 1.29 is 23.1 Å². The van der Waals surface area contributed by atoms with Gasteiger partial charge in [0.15, 0.2) is 0 Å². The first-order valence-electron chi connectivity index (χ1n) is 8.90. The summed E-state index contributed by atoms with van der Waals surface area (Å²) in [6.07, 6.45) is 0. The van der Waals surface area contributed by atoms with Gasteiger partial charge in [0.2, 0.25) is 5.55 Å². The van der Waals surface area contributed by atoms with Gasteiger partial charge in [-0.05, 0) is 49.4 Å². The number of phenolic OH excluding ortho intramolecular Hbond substituents is 1. The number of rotatable bonds is 3. The van der Waals surface area contributed by atoms with Crippen LogP contribution in [-0.4, -0.2) is 16.0 Å². The third kappa shape index (κ3) is 4.17. The molecule has 4 rings (SSSR count). The van der Waals surface area contributed by atoms with Gasteiger partial charge in [-0.2, -0.15) is 0 Å². The molecule has 0 aliphatic heterocycles. The third-order valence-electron chi connectivity index (χ3n) is 4.19. The first-order chi connectivity index (χ1) is 14.4. The fraction of sp³-hybridized carbons (Fsp3) is 0.0455. The topological polar surface area (TPSA) is 87.7 Å². The molecule has 0 unspecified atom stereocenters. The molecule has 2 N–H and O–H groups in total. The predicted octanol–water partition coefficient (Wildman–Crippen LogP) is 4.60. The summed E-state index contributed by atoms with van der Waals surface area (Å²) in [6.45, 7) is 1.78. The van der Waals surface area contributed by atoms with Crippen LogP contribution in [0.25, 0.3) is 11.0 Å². The van der Waals surface area contributed by atoms with E-state index in [-0.39, 0.29) is 28.1 Å². The number of carbonyl (C=O) groups is 1. The molecule has 1 amide bonds. The molecule has 6 nitrogen and oxygen atoms in total. The van der Waals surface area contributed by atoms with E-state index in [2.05, 4.69) is 15.3 Å². The molecule has 2 aromatic heterocycles. The summed E-state index contributed by atoms with van der Waals surface area (Å²) in [6, 6.07) is 13.8. The number of phenols is 1. The first kappa shape index (κ1) is 19.3. The molecule has 30 heavy (non-hydrogen) atoms. The number of aromatic nitrogens is 1. The highest BCUT2D eigenvalue weighted by Crippen LogP contribution is 2.21. The number of hydrogen-bond donors (Lipinski definition) is 2. The van der Waals surface area contributed by atoms with Gasteiger partial charge >= 0.3 is 0 Å². The van der Waals surface area contributed by atoms with E-state index in [0.29, 0.717) is 23.0 Å². The number of halogens is 2. The molecular weight excluding hydrogens is 392 g/mol. The van der Waals surface area contributed by atoms with Crippen LogP contribution in [0, 0.1) is 18.6 Å². The normalized spacial score (nSPS) is 11.6. The van der Waals surface area contributed by atoms with Gasteiger partial charge in [0.1, 0.15) is 34.3 Å². The number of aryl methyl sites for hydroxylation is 1. The van der Waals surface area contributed by atoms with Gasteiger partial charge in [0.25, 0.3) is 5.91 Å². The van der Waals surface area contributed by atoms with E-state index >= 15 is 0 Å². The number of nitrogens with one attached hydrogen (secondary N) is 1. The van der Waals surface area contributed by atoms with Crippen molar-refractivity contribution in [3.8, 4) is 5.75 Å². The predicted molar refractivity (Wildman–Crippen MR) is 106 cm³/mol. The zero-order chi connectivity index (χ0) is 21.3. The Kier molecular flexibility index (Phi) is 4.97. The van der Waals surface area contributed by atoms with Crippen molar-refractivity contribution in [1.29, 1.82) is 0 Å². The second kappa shape index (κ2) is 7.75. The Morgan fingerprint density at radius 3 is 2.57 bits per heavy atom. The number of nitrogens with zero attached hydrogens (tertiary/aromatic N) is 2. The molecule has 0 spiro atoms. The SMILES string of the molecule is Cc1cccc(NC(=O)c2cc3ccc(O)cc3oc2=Nc2cc(F)cc(F)c2)n1. The minimum absolute atomic E-state index is 0.0289. The molecule has 2 heterocycles. The number of anilines is 1. The van der Waals surface area contributed by atoms with Crippen LogP contribution in [0.2, 0.25) is 0 Å². The van der Waals surface area contributed by atoms with Crippen LogP contribution in [0.4, 0.5) is 20.3 Å². The Morgan fingerprint density at radius 2 is 1.83 bits per heavy atom. The minimum atomic E-state index is -0.817. The summed E-state index contributed by atoms with van der Waals surface area (Å²) in [5, 5.41) is 12.9. The number of carbonyl (C=O) groups excluding carboxylic acids is 1. The van der Waals surface area contributed by atoms with Crippen LogP contribution < -0.4 is 10.9 Å². The van der Waals surface area contributed by atoms with Gasteiger partial charge in [0, 0.05) is 23.2 Å². The van der Waals surface area contributed by atoms with E-state index in [0.717, 1.165) is 12.1 Å². The van der Waals surface area contributed by atoms with Gasteiger partial charge in [-0.25, -0.2) is 18.8 Å². The quantitative estimate of drug-likeness (QED) is 0.519. The van der Waals surface area contributed by atoms with Crippen LogP contribution in [-0.2, 0) is 0 Å². The smallest absolute Gasteiger partial charge is 0.262 e. The van der Waals surface area contributed by atoms with Crippen LogP contribution in [0.3, 0.4) is 0 Å². The molecule has 0 saturated carbocycles. The minimum Gasteiger partial charge on any atom is -0.508 e. The van der Waals surface area contributed by atoms with Crippen molar-refractivity contribution in [2.75, 3.05) is 5.32 Å². The Hall–Kier alpha value is -4.07. The van der Waals surface area contributed by atoms with E-state index in [9.17, 15) is 18.7 Å². The standard InChI is InChI=1S/C22H15F2N3O3/c1-12-3-2-4-20(25-12)27-21(29)18-7-13-5-6-17(28)11-19(13)30-22(18)26-16-9-14(23)8-15(24)10-16/h2-11,28H,1H3,(H,25,27,29). The van der Waals surface area contributed by atoms with E-state index in [1.165, 1.54) is 18.2 Å². The highest BCUT2D eigenvalue weighted by atomic mass is 19.1. The second-order valence-corrected chi connectivity index (χ2v) is 6.55. The summed E-state index contributed by atoms with van der Waals surface area (Å²) in [5.41, 5.74) is 0.741. The molecule has 0 radical (unpaired) electrons. The lowest BCUT2D eigenvalue weighted by molar-refractivity contribution is 0.102. The van der Waals surface area contributed by atoms with Crippen molar-refractivity contribution in [1.82, 2.24) is 4.98 Å². The Morgan fingerprint density at radius 1 is 1.07 bits per heavy atom. The molecule has 0 aliphatic rings. The number of amides is 1. The Bertz CT molecular complexity index is 1330. The van der Waals surface area contributed by atoms with E-state index in [4.69, 9.17) is 4.42 Å². The lowest BCUT2D eigenvalue weighted by atomic mass is 10.1. The number of hydrogen-bond acceptors (Lipinski definition) is 5. The summed E-state index contributed by atoms with van der Waals surface area (Å²) >= 11 is 0. The molecule has 0 bridgehead atoms. The summed E-state index contributed by atoms with van der Waals surface area (Å²) < 4.78 is 32.8. The molecule has 4 aromatic rings. The highest BCUT2D eigenvalue weighted by molar-refractivity contribution is 6.05. The van der Waals surface area contributed by atoms with Crippen LogP contribution in [0.1, 0.15) is 16.1 Å². The maximum absolute atomic E-state index is 13.6. The molecule has 8 heteroatoms. The van der Waals surface area contributed by atoms with Gasteiger partial charge in [-0.1, -0.05) is 6.07 Å². The number of fused-ring (bicyclic) bond motifs is 1. The molecule has 0 saturated heterocycles. The zero-order valence-corrected chi connectivity index (χ0v) is 15.7. The first-order valence-corrected chi connectivity index (χ1v) is 8.90. The largest absolute Gasteiger partial charge is 0.508 e. The van der Waals surface area contributed by atoms with Crippen LogP contribution >= 0.6 is 0 Å². The zero-order valence-electron chi connectivity index (χ0n) is 15.7. The van der Waals surface area contributed by atoms with Gasteiger partial charge in [0.05, 0.1) is 5.69 Å². The molecule has 0 atom stereocenters. The molecular formula is C22H15F2N3O3. The molecule has 0 fully saturated rings. The summed E-state index contributed by atoms with van der Waals surface area (Å²) in [5.74, 6) is -1.92. The lowest BCUT2D eigenvalue weighted by Crippen LogP contribution is -2.22. The highest BCUT2D eigenvalue weighted by Gasteiger charge is 2.14. The summed E-state index contributed by atoms with van der Waals surface area (Å²) in [7, 11) is 0. The van der Waals surface area contributed by atoms with Crippen LogP contribution in [0.5, 0.6) is 5.75 Å². The Balaban J connectivity index is 1.88. The number of benzene rings is 2.